The van der Waals surface area contributed by atoms with Crippen LogP contribution < -0.4 is 5.32 Å². The average molecular weight is 280 g/mol. The monoisotopic (exact) mass is 280 g/mol. The van der Waals surface area contributed by atoms with Gasteiger partial charge in [0.1, 0.15) is 12.4 Å². The summed E-state index contributed by atoms with van der Waals surface area (Å²) in [6, 6.07) is 6.49. The normalized spacial score (nSPS) is 22.6. The second kappa shape index (κ2) is 6.81. The van der Waals surface area contributed by atoms with Gasteiger partial charge in [-0.05, 0) is 31.5 Å². The van der Waals surface area contributed by atoms with Crippen LogP contribution in [-0.4, -0.2) is 30.1 Å². The zero-order chi connectivity index (χ0) is 14.5. The Morgan fingerprint density at radius 1 is 1.50 bits per heavy atom. The molecule has 1 saturated heterocycles. The maximum Gasteiger partial charge on any atom is 0.243 e. The standard InChI is InChI=1S/C15H21FN2O2/c1-11-9-17-8-7-15(11)18(12(2)19)20-10-13-5-3-4-6-14(13)16/h3-6,11,15,17H,7-10H2,1-2H3. The molecule has 1 aromatic carbocycles. The van der Waals surface area contributed by atoms with Gasteiger partial charge in [0.2, 0.25) is 5.91 Å². The third-order valence-corrected chi connectivity index (χ3v) is 3.67. The van der Waals surface area contributed by atoms with Crippen LogP contribution in [0, 0.1) is 11.7 Å². The van der Waals surface area contributed by atoms with Gasteiger partial charge in [0, 0.05) is 12.5 Å². The van der Waals surface area contributed by atoms with Gasteiger partial charge >= 0.3 is 0 Å². The number of hydroxylamine groups is 2. The van der Waals surface area contributed by atoms with Gasteiger partial charge in [-0.1, -0.05) is 25.1 Å². The summed E-state index contributed by atoms with van der Waals surface area (Å²) < 4.78 is 13.6. The van der Waals surface area contributed by atoms with Crippen LogP contribution in [0.5, 0.6) is 0 Å². The quantitative estimate of drug-likeness (QED) is 0.859. The van der Waals surface area contributed by atoms with Crippen molar-refractivity contribution < 1.29 is 14.0 Å². The highest BCUT2D eigenvalue weighted by atomic mass is 19.1. The lowest BCUT2D eigenvalue weighted by molar-refractivity contribution is -0.212. The van der Waals surface area contributed by atoms with E-state index in [1.54, 1.807) is 18.2 Å². The van der Waals surface area contributed by atoms with Gasteiger partial charge in [0.15, 0.2) is 0 Å². The predicted octanol–water partition coefficient (Wildman–Crippen LogP) is 2.10. The van der Waals surface area contributed by atoms with Crippen molar-refractivity contribution in [3.63, 3.8) is 0 Å². The van der Waals surface area contributed by atoms with Crippen molar-refractivity contribution in [3.05, 3.63) is 35.6 Å². The first-order valence-corrected chi connectivity index (χ1v) is 6.96. The Kier molecular flexibility index (Phi) is 5.09. The zero-order valence-electron chi connectivity index (χ0n) is 11.9. The predicted molar refractivity (Wildman–Crippen MR) is 74.1 cm³/mol. The molecule has 5 heteroatoms. The fraction of sp³-hybridized carbons (Fsp3) is 0.533. The molecule has 1 heterocycles. The topological polar surface area (TPSA) is 41.6 Å². The number of halogens is 1. The van der Waals surface area contributed by atoms with Crippen LogP contribution in [0.25, 0.3) is 0 Å². The molecular weight excluding hydrogens is 259 g/mol. The molecule has 0 spiro atoms. The first-order chi connectivity index (χ1) is 9.59. The Morgan fingerprint density at radius 3 is 2.90 bits per heavy atom. The molecule has 1 amide bonds. The molecule has 1 fully saturated rings. The van der Waals surface area contributed by atoms with Crippen LogP contribution in [0.4, 0.5) is 4.39 Å². The Morgan fingerprint density at radius 2 is 2.25 bits per heavy atom. The van der Waals surface area contributed by atoms with E-state index in [0.717, 1.165) is 19.5 Å². The Balaban J connectivity index is 2.03. The summed E-state index contributed by atoms with van der Waals surface area (Å²) in [5, 5.41) is 4.70. The third-order valence-electron chi connectivity index (χ3n) is 3.67. The van der Waals surface area contributed by atoms with Gasteiger partial charge in [-0.15, -0.1) is 0 Å². The molecule has 0 saturated carbocycles. The average Bonchev–Trinajstić information content (AvgIpc) is 2.42. The maximum atomic E-state index is 13.6. The summed E-state index contributed by atoms with van der Waals surface area (Å²) >= 11 is 0. The first-order valence-electron chi connectivity index (χ1n) is 6.96. The number of rotatable bonds is 4. The lowest BCUT2D eigenvalue weighted by Crippen LogP contribution is -2.50. The highest BCUT2D eigenvalue weighted by Crippen LogP contribution is 2.20. The Hall–Kier alpha value is -1.46. The zero-order valence-corrected chi connectivity index (χ0v) is 11.9. The molecule has 1 N–H and O–H groups in total. The van der Waals surface area contributed by atoms with Crippen LogP contribution in [0.15, 0.2) is 24.3 Å². The van der Waals surface area contributed by atoms with Gasteiger partial charge in [0.05, 0.1) is 6.04 Å². The van der Waals surface area contributed by atoms with Crippen molar-refractivity contribution in [1.82, 2.24) is 10.4 Å². The number of hydrogen-bond donors (Lipinski definition) is 1. The Labute approximate surface area is 118 Å². The van der Waals surface area contributed by atoms with E-state index in [1.165, 1.54) is 18.1 Å². The van der Waals surface area contributed by atoms with Crippen molar-refractivity contribution in [2.75, 3.05) is 13.1 Å². The highest BCUT2D eigenvalue weighted by molar-refractivity contribution is 5.72. The van der Waals surface area contributed by atoms with Crippen LogP contribution >= 0.6 is 0 Å². The summed E-state index contributed by atoms with van der Waals surface area (Å²) in [7, 11) is 0. The van der Waals surface area contributed by atoms with Crippen molar-refractivity contribution in [3.8, 4) is 0 Å². The van der Waals surface area contributed by atoms with Crippen LogP contribution in [0.2, 0.25) is 0 Å². The number of nitrogens with zero attached hydrogens (tertiary/aromatic N) is 1. The van der Waals surface area contributed by atoms with E-state index in [9.17, 15) is 9.18 Å². The fourth-order valence-corrected chi connectivity index (χ4v) is 2.52. The smallest absolute Gasteiger partial charge is 0.243 e. The molecule has 2 atom stereocenters. The minimum Gasteiger partial charge on any atom is -0.316 e. The van der Waals surface area contributed by atoms with Crippen LogP contribution in [0.3, 0.4) is 0 Å². The second-order valence-electron chi connectivity index (χ2n) is 5.25. The van der Waals surface area contributed by atoms with Gasteiger partial charge in [-0.25, -0.2) is 9.45 Å². The minimum atomic E-state index is -0.311. The summed E-state index contributed by atoms with van der Waals surface area (Å²) in [5.41, 5.74) is 0.459. The van der Waals surface area contributed by atoms with Crippen molar-refractivity contribution in [2.45, 2.75) is 32.9 Å². The second-order valence-corrected chi connectivity index (χ2v) is 5.25. The number of piperidine rings is 1. The molecule has 4 nitrogen and oxygen atoms in total. The molecule has 1 aromatic rings. The van der Waals surface area contributed by atoms with Gasteiger partial charge < -0.3 is 5.32 Å². The van der Waals surface area contributed by atoms with Crippen molar-refractivity contribution in [2.24, 2.45) is 5.92 Å². The summed E-state index contributed by atoms with van der Waals surface area (Å²) in [5.74, 6) is -0.136. The van der Waals surface area contributed by atoms with E-state index in [2.05, 4.69) is 12.2 Å². The number of amides is 1. The molecular formula is C15H21FN2O2. The van der Waals surface area contributed by atoms with Crippen LogP contribution in [0.1, 0.15) is 25.8 Å². The lowest BCUT2D eigenvalue weighted by Gasteiger charge is -2.37. The van der Waals surface area contributed by atoms with Crippen molar-refractivity contribution >= 4 is 5.91 Å². The molecule has 0 aromatic heterocycles. The fourth-order valence-electron chi connectivity index (χ4n) is 2.52. The van der Waals surface area contributed by atoms with E-state index in [-0.39, 0.29) is 24.4 Å². The molecule has 2 rings (SSSR count). The van der Waals surface area contributed by atoms with E-state index >= 15 is 0 Å². The molecule has 1 aliphatic heterocycles. The minimum absolute atomic E-state index is 0.0422. The Bertz CT molecular complexity index is 467. The van der Waals surface area contributed by atoms with E-state index < -0.39 is 0 Å². The molecule has 110 valence electrons. The maximum absolute atomic E-state index is 13.6. The molecule has 1 aliphatic rings. The summed E-state index contributed by atoms with van der Waals surface area (Å²) in [6.07, 6.45) is 0.845. The number of benzene rings is 1. The van der Waals surface area contributed by atoms with Gasteiger partial charge in [-0.2, -0.15) is 0 Å². The summed E-state index contributed by atoms with van der Waals surface area (Å²) in [6.45, 7) is 5.36. The first kappa shape index (κ1) is 14.9. The summed E-state index contributed by atoms with van der Waals surface area (Å²) in [4.78, 5) is 17.4. The van der Waals surface area contributed by atoms with E-state index in [4.69, 9.17) is 4.84 Å². The number of carbonyl (C=O) groups is 1. The third kappa shape index (κ3) is 3.55. The molecule has 2 unspecified atom stereocenters. The lowest BCUT2D eigenvalue weighted by atomic mass is 9.95. The number of hydrogen-bond acceptors (Lipinski definition) is 3. The molecule has 0 radical (unpaired) electrons. The van der Waals surface area contributed by atoms with Crippen molar-refractivity contribution in [1.29, 1.82) is 0 Å². The highest BCUT2D eigenvalue weighted by Gasteiger charge is 2.30. The van der Waals surface area contributed by atoms with Gasteiger partial charge in [-0.3, -0.25) is 9.63 Å². The van der Waals surface area contributed by atoms with Crippen LogP contribution in [-0.2, 0) is 16.2 Å². The molecule has 20 heavy (non-hydrogen) atoms. The van der Waals surface area contributed by atoms with Gasteiger partial charge in [0.25, 0.3) is 0 Å². The molecule has 0 bridgehead atoms. The number of carbonyl (C=O) groups excluding carboxylic acids is 1. The van der Waals surface area contributed by atoms with E-state index in [0.29, 0.717) is 11.5 Å². The molecule has 0 aliphatic carbocycles. The van der Waals surface area contributed by atoms with E-state index in [1.807, 2.05) is 0 Å². The largest absolute Gasteiger partial charge is 0.316 e. The SMILES string of the molecule is CC(=O)N(OCc1ccccc1F)C1CCNCC1C. The number of nitrogens with one attached hydrogen (secondary N) is 1.